The normalized spacial score (nSPS) is 12.5. The van der Waals surface area contributed by atoms with Gasteiger partial charge in [0, 0.05) is 5.41 Å². The summed E-state index contributed by atoms with van der Waals surface area (Å²) in [5.41, 5.74) is 0.267. The Bertz CT molecular complexity index is 687. The molecular weight excluding hydrogens is 330 g/mol. The van der Waals surface area contributed by atoms with Crippen LogP contribution in [0.25, 0.3) is 0 Å². The SMILES string of the molecule is COc1nc(OC)nc(SC(C(=O)O)C(C)(C)c2ccccc2)n1. The van der Waals surface area contributed by atoms with Crippen molar-refractivity contribution < 1.29 is 19.4 Å². The molecule has 1 N–H and O–H groups in total. The minimum Gasteiger partial charge on any atom is -0.480 e. The summed E-state index contributed by atoms with van der Waals surface area (Å²) in [6, 6.07) is 9.63. The van der Waals surface area contributed by atoms with Gasteiger partial charge in [-0.2, -0.15) is 9.97 Å². The Morgan fingerprint density at radius 2 is 1.62 bits per heavy atom. The number of benzene rings is 1. The minimum absolute atomic E-state index is 0.0750. The Morgan fingerprint density at radius 1 is 1.08 bits per heavy atom. The van der Waals surface area contributed by atoms with Crippen LogP contribution in [0.4, 0.5) is 0 Å². The smallest absolute Gasteiger partial charge is 0.323 e. The highest BCUT2D eigenvalue weighted by atomic mass is 32.2. The zero-order valence-corrected chi connectivity index (χ0v) is 14.7. The lowest BCUT2D eigenvalue weighted by molar-refractivity contribution is -0.137. The van der Waals surface area contributed by atoms with E-state index in [1.807, 2.05) is 44.2 Å². The first-order valence-electron chi connectivity index (χ1n) is 7.17. The van der Waals surface area contributed by atoms with Crippen LogP contribution in [0.2, 0.25) is 0 Å². The van der Waals surface area contributed by atoms with E-state index < -0.39 is 16.6 Å². The molecule has 0 radical (unpaired) electrons. The molecule has 0 aliphatic carbocycles. The summed E-state index contributed by atoms with van der Waals surface area (Å²) in [6.07, 6.45) is 0. The van der Waals surface area contributed by atoms with Crippen LogP contribution < -0.4 is 9.47 Å². The van der Waals surface area contributed by atoms with Crippen LogP contribution in [-0.2, 0) is 10.2 Å². The van der Waals surface area contributed by atoms with Crippen molar-refractivity contribution in [1.82, 2.24) is 15.0 Å². The van der Waals surface area contributed by atoms with Crippen molar-refractivity contribution >= 4 is 17.7 Å². The average Bonchev–Trinajstić information content (AvgIpc) is 2.59. The van der Waals surface area contributed by atoms with Gasteiger partial charge in [-0.1, -0.05) is 55.9 Å². The number of carbonyl (C=O) groups is 1. The Hall–Kier alpha value is -2.35. The molecule has 128 valence electrons. The van der Waals surface area contributed by atoms with E-state index in [1.54, 1.807) is 0 Å². The van der Waals surface area contributed by atoms with Crippen molar-refractivity contribution in [1.29, 1.82) is 0 Å². The Kier molecular flexibility index (Phi) is 5.61. The number of methoxy groups -OCH3 is 2. The number of hydrogen-bond acceptors (Lipinski definition) is 7. The highest BCUT2D eigenvalue weighted by molar-refractivity contribution is 8.00. The third kappa shape index (κ3) is 3.94. The molecule has 0 fully saturated rings. The third-order valence-corrected chi connectivity index (χ3v) is 4.98. The molecule has 24 heavy (non-hydrogen) atoms. The predicted molar refractivity (Wildman–Crippen MR) is 89.7 cm³/mol. The van der Waals surface area contributed by atoms with Crippen molar-refractivity contribution in [2.24, 2.45) is 0 Å². The van der Waals surface area contributed by atoms with Gasteiger partial charge in [-0.25, -0.2) is 0 Å². The highest BCUT2D eigenvalue weighted by Crippen LogP contribution is 2.38. The first kappa shape index (κ1) is 18.0. The highest BCUT2D eigenvalue weighted by Gasteiger charge is 2.38. The summed E-state index contributed by atoms with van der Waals surface area (Å²) in [7, 11) is 2.84. The Morgan fingerprint density at radius 3 is 2.08 bits per heavy atom. The maximum Gasteiger partial charge on any atom is 0.323 e. The van der Waals surface area contributed by atoms with Gasteiger partial charge in [-0.3, -0.25) is 4.79 Å². The molecule has 1 aromatic heterocycles. The number of aliphatic carboxylic acids is 1. The lowest BCUT2D eigenvalue weighted by Gasteiger charge is -2.31. The standard InChI is InChI=1S/C16H19N3O4S/c1-16(2,10-8-6-5-7-9-10)11(12(20)21)24-15-18-13(22-3)17-14(19-15)23-4/h5-9,11H,1-4H3,(H,20,21). The zero-order chi connectivity index (χ0) is 17.7. The Balaban J connectivity index is 2.37. The van der Waals surface area contributed by atoms with Crippen LogP contribution in [-0.4, -0.2) is 45.5 Å². The fourth-order valence-corrected chi connectivity index (χ4v) is 3.19. The maximum absolute atomic E-state index is 11.9. The largest absolute Gasteiger partial charge is 0.480 e. The monoisotopic (exact) mass is 349 g/mol. The fraction of sp³-hybridized carbons (Fsp3) is 0.375. The molecule has 2 aromatic rings. The van der Waals surface area contributed by atoms with E-state index in [2.05, 4.69) is 15.0 Å². The van der Waals surface area contributed by atoms with Gasteiger partial charge >= 0.3 is 18.0 Å². The molecule has 0 aliphatic heterocycles. The van der Waals surface area contributed by atoms with Crippen LogP contribution in [0.15, 0.2) is 35.5 Å². The molecule has 0 amide bonds. The molecular formula is C16H19N3O4S. The van der Waals surface area contributed by atoms with Crippen molar-refractivity contribution in [3.05, 3.63) is 35.9 Å². The Labute approximate surface area is 144 Å². The van der Waals surface area contributed by atoms with Gasteiger partial charge in [0.1, 0.15) is 5.25 Å². The summed E-state index contributed by atoms with van der Waals surface area (Å²) < 4.78 is 10.0. The summed E-state index contributed by atoms with van der Waals surface area (Å²) in [6.45, 7) is 3.76. The molecule has 0 saturated carbocycles. The van der Waals surface area contributed by atoms with E-state index in [1.165, 1.54) is 14.2 Å². The summed E-state index contributed by atoms with van der Waals surface area (Å²) in [4.78, 5) is 24.0. The molecule has 0 aliphatic rings. The van der Waals surface area contributed by atoms with Crippen molar-refractivity contribution in [3.63, 3.8) is 0 Å². The number of thioether (sulfide) groups is 1. The van der Waals surface area contributed by atoms with Crippen LogP contribution in [0, 0.1) is 0 Å². The van der Waals surface area contributed by atoms with E-state index in [0.717, 1.165) is 17.3 Å². The number of nitrogens with zero attached hydrogens (tertiary/aromatic N) is 3. The van der Waals surface area contributed by atoms with Crippen molar-refractivity contribution in [3.8, 4) is 12.0 Å². The maximum atomic E-state index is 11.9. The zero-order valence-electron chi connectivity index (χ0n) is 13.9. The van der Waals surface area contributed by atoms with Gasteiger partial charge in [0.25, 0.3) is 0 Å². The van der Waals surface area contributed by atoms with Gasteiger partial charge in [-0.05, 0) is 5.56 Å². The molecule has 1 heterocycles. The lowest BCUT2D eigenvalue weighted by atomic mass is 9.81. The summed E-state index contributed by atoms with van der Waals surface area (Å²) in [5, 5.41) is 9.15. The first-order valence-corrected chi connectivity index (χ1v) is 8.05. The summed E-state index contributed by atoms with van der Waals surface area (Å²) in [5.74, 6) is -0.952. The fourth-order valence-electron chi connectivity index (χ4n) is 2.19. The van der Waals surface area contributed by atoms with E-state index in [4.69, 9.17) is 9.47 Å². The number of carboxylic acids is 1. The van der Waals surface area contributed by atoms with Crippen LogP contribution >= 0.6 is 11.8 Å². The van der Waals surface area contributed by atoms with Crippen LogP contribution in [0.3, 0.4) is 0 Å². The van der Waals surface area contributed by atoms with Gasteiger partial charge < -0.3 is 14.6 Å². The molecule has 2 rings (SSSR count). The quantitative estimate of drug-likeness (QED) is 0.762. The molecule has 8 heteroatoms. The van der Waals surface area contributed by atoms with E-state index in [9.17, 15) is 9.90 Å². The average molecular weight is 349 g/mol. The van der Waals surface area contributed by atoms with E-state index in [-0.39, 0.29) is 17.2 Å². The molecule has 0 spiro atoms. The second-order valence-corrected chi connectivity index (χ2v) is 6.59. The number of carboxylic acid groups (broad SMARTS) is 1. The molecule has 1 aromatic carbocycles. The first-order chi connectivity index (χ1) is 11.4. The second-order valence-electron chi connectivity index (χ2n) is 5.52. The van der Waals surface area contributed by atoms with Gasteiger partial charge in [0.05, 0.1) is 14.2 Å². The molecule has 0 saturated heterocycles. The minimum atomic E-state index is -0.952. The molecule has 7 nitrogen and oxygen atoms in total. The van der Waals surface area contributed by atoms with E-state index in [0.29, 0.717) is 0 Å². The topological polar surface area (TPSA) is 94.4 Å². The second kappa shape index (κ2) is 7.48. The third-order valence-electron chi connectivity index (χ3n) is 3.56. The summed E-state index contributed by atoms with van der Waals surface area (Å²) >= 11 is 1.04. The molecule has 1 atom stereocenters. The van der Waals surface area contributed by atoms with Crippen molar-refractivity contribution in [2.75, 3.05) is 14.2 Å². The van der Waals surface area contributed by atoms with Crippen LogP contribution in [0.5, 0.6) is 12.0 Å². The van der Waals surface area contributed by atoms with Crippen molar-refractivity contribution in [2.45, 2.75) is 29.7 Å². The number of hydrogen-bond donors (Lipinski definition) is 1. The van der Waals surface area contributed by atoms with Gasteiger partial charge in [-0.15, -0.1) is 4.98 Å². The molecule has 1 unspecified atom stereocenters. The van der Waals surface area contributed by atoms with Gasteiger partial charge in [0.15, 0.2) is 5.16 Å². The number of rotatable bonds is 7. The molecule has 0 bridgehead atoms. The van der Waals surface area contributed by atoms with Gasteiger partial charge in [0.2, 0.25) is 0 Å². The number of aromatic nitrogens is 3. The van der Waals surface area contributed by atoms with Crippen LogP contribution in [0.1, 0.15) is 19.4 Å². The predicted octanol–water partition coefficient (Wildman–Crippen LogP) is 2.41. The van der Waals surface area contributed by atoms with E-state index >= 15 is 0 Å². The lowest BCUT2D eigenvalue weighted by Crippen LogP contribution is -2.37. The number of ether oxygens (including phenoxy) is 2.